The number of hydrogen-bond donors (Lipinski definition) is 0. The molecule has 0 saturated carbocycles. The molecular weight excluding hydrogens is 196 g/mol. The molecule has 2 aromatic rings. The van der Waals surface area contributed by atoms with E-state index in [0.717, 1.165) is 13.0 Å². The Hall–Kier alpha value is -1.28. The van der Waals surface area contributed by atoms with Crippen molar-refractivity contribution in [3.8, 4) is 0 Å². The first-order valence-electron chi connectivity index (χ1n) is 5.84. The number of likely N-dealkylation sites (N-methyl/N-ethyl adjacent to an activating group) is 1. The minimum atomic E-state index is 0.236. The third-order valence-corrected chi connectivity index (χ3v) is 4.03. The molecule has 84 valence electrons. The first-order chi connectivity index (χ1) is 7.60. The minimum absolute atomic E-state index is 0.236. The van der Waals surface area contributed by atoms with Crippen LogP contribution in [0.25, 0.3) is 10.9 Å². The van der Waals surface area contributed by atoms with Gasteiger partial charge in [-0.05, 0) is 44.5 Å². The van der Waals surface area contributed by atoms with E-state index in [1.807, 2.05) is 0 Å². The zero-order valence-corrected chi connectivity index (χ0v) is 10.2. The van der Waals surface area contributed by atoms with Gasteiger partial charge in [-0.2, -0.15) is 0 Å². The third kappa shape index (κ3) is 1.23. The predicted molar refractivity (Wildman–Crippen MR) is 67.7 cm³/mol. The molecule has 1 aliphatic heterocycles. The van der Waals surface area contributed by atoms with E-state index in [2.05, 4.69) is 60.9 Å². The maximum atomic E-state index is 2.40. The second-order valence-corrected chi connectivity index (χ2v) is 5.37. The molecular formula is C14H18N2. The molecule has 1 atom stereocenters. The first kappa shape index (κ1) is 9.91. The van der Waals surface area contributed by atoms with Crippen LogP contribution in [0.15, 0.2) is 30.5 Å². The molecule has 0 fully saturated rings. The van der Waals surface area contributed by atoms with Crippen LogP contribution in [0.1, 0.15) is 12.5 Å². The molecule has 1 aromatic carbocycles. The summed E-state index contributed by atoms with van der Waals surface area (Å²) in [6.07, 6.45) is 3.36. The summed E-state index contributed by atoms with van der Waals surface area (Å²) in [6.45, 7) is 3.43. The third-order valence-electron chi connectivity index (χ3n) is 4.03. The molecule has 2 nitrogen and oxygen atoms in total. The second-order valence-electron chi connectivity index (χ2n) is 5.37. The van der Waals surface area contributed by atoms with Crippen molar-refractivity contribution < 1.29 is 0 Å². The van der Waals surface area contributed by atoms with Crippen LogP contribution in [0.5, 0.6) is 0 Å². The van der Waals surface area contributed by atoms with Gasteiger partial charge >= 0.3 is 0 Å². The molecule has 1 aromatic heterocycles. The molecule has 0 spiro atoms. The Kier molecular flexibility index (Phi) is 1.93. The summed E-state index contributed by atoms with van der Waals surface area (Å²) < 4.78 is 2.40. The number of aromatic nitrogens is 1. The van der Waals surface area contributed by atoms with Crippen LogP contribution in [0.4, 0.5) is 0 Å². The van der Waals surface area contributed by atoms with Gasteiger partial charge in [-0.3, -0.25) is 0 Å². The largest absolute Gasteiger partial charge is 0.345 e. The molecule has 0 radical (unpaired) electrons. The maximum absolute atomic E-state index is 2.40. The Labute approximate surface area is 96.5 Å². The monoisotopic (exact) mass is 214 g/mol. The molecule has 0 saturated heterocycles. The zero-order valence-electron chi connectivity index (χ0n) is 10.2. The van der Waals surface area contributed by atoms with Gasteiger partial charge in [-0.15, -0.1) is 0 Å². The van der Waals surface area contributed by atoms with E-state index in [0.29, 0.717) is 0 Å². The van der Waals surface area contributed by atoms with Gasteiger partial charge in [-0.25, -0.2) is 0 Å². The smallest absolute Gasteiger partial charge is 0.0514 e. The lowest BCUT2D eigenvalue weighted by Gasteiger charge is -2.40. The zero-order chi connectivity index (χ0) is 11.3. The topological polar surface area (TPSA) is 8.17 Å². The van der Waals surface area contributed by atoms with Gasteiger partial charge in [0.15, 0.2) is 0 Å². The molecule has 0 bridgehead atoms. The predicted octanol–water partition coefficient (Wildman–Crippen LogP) is 2.52. The van der Waals surface area contributed by atoms with Gasteiger partial charge in [0.2, 0.25) is 0 Å². The number of nitrogens with zero attached hydrogens (tertiary/aromatic N) is 2. The van der Waals surface area contributed by atoms with Crippen molar-refractivity contribution in [3.63, 3.8) is 0 Å². The minimum Gasteiger partial charge on any atom is -0.345 e. The van der Waals surface area contributed by atoms with Gasteiger partial charge in [0.25, 0.3) is 0 Å². The highest BCUT2D eigenvalue weighted by molar-refractivity contribution is 5.84. The van der Waals surface area contributed by atoms with Crippen molar-refractivity contribution >= 4 is 10.9 Å². The fourth-order valence-corrected chi connectivity index (χ4v) is 2.75. The molecule has 2 heteroatoms. The van der Waals surface area contributed by atoms with Crippen molar-refractivity contribution in [3.05, 3.63) is 36.0 Å². The van der Waals surface area contributed by atoms with E-state index in [-0.39, 0.29) is 5.54 Å². The molecule has 16 heavy (non-hydrogen) atoms. The molecule has 0 aliphatic carbocycles. The molecule has 1 aliphatic rings. The van der Waals surface area contributed by atoms with E-state index >= 15 is 0 Å². The highest BCUT2D eigenvalue weighted by atomic mass is 15.2. The molecule has 0 N–H and O–H groups in total. The van der Waals surface area contributed by atoms with Gasteiger partial charge in [0.1, 0.15) is 0 Å². The second kappa shape index (κ2) is 3.11. The quantitative estimate of drug-likeness (QED) is 0.708. The Balaban J connectivity index is 2.20. The Morgan fingerprint density at radius 2 is 2.06 bits per heavy atom. The summed E-state index contributed by atoms with van der Waals surface area (Å²) in [4.78, 5) is 2.34. The fraction of sp³-hybridized carbons (Fsp3) is 0.429. The van der Waals surface area contributed by atoms with Crippen LogP contribution >= 0.6 is 0 Å². The van der Waals surface area contributed by atoms with Crippen LogP contribution in [0.2, 0.25) is 0 Å². The highest BCUT2D eigenvalue weighted by Gasteiger charge is 2.32. The van der Waals surface area contributed by atoms with Crippen LogP contribution in [-0.4, -0.2) is 29.1 Å². The fourth-order valence-electron chi connectivity index (χ4n) is 2.75. The standard InChI is InChI=1S/C14H18N2/c1-14(15(2)3)9-12-6-4-5-11-7-8-16(10-14)13(11)12/h4-8H,9-10H2,1-3H3/t14-/m1/s1. The Morgan fingerprint density at radius 3 is 2.81 bits per heavy atom. The van der Waals surface area contributed by atoms with E-state index in [1.54, 1.807) is 0 Å². The average molecular weight is 214 g/mol. The molecule has 0 unspecified atom stereocenters. The number of hydrogen-bond acceptors (Lipinski definition) is 1. The van der Waals surface area contributed by atoms with Crippen LogP contribution in [-0.2, 0) is 13.0 Å². The lowest BCUT2D eigenvalue weighted by atomic mass is 9.88. The summed E-state index contributed by atoms with van der Waals surface area (Å²) >= 11 is 0. The molecule has 0 amide bonds. The summed E-state index contributed by atoms with van der Waals surface area (Å²) in [6, 6.07) is 8.86. The van der Waals surface area contributed by atoms with Crippen molar-refractivity contribution in [1.29, 1.82) is 0 Å². The summed E-state index contributed by atoms with van der Waals surface area (Å²) in [5.74, 6) is 0. The molecule has 2 heterocycles. The van der Waals surface area contributed by atoms with Gasteiger partial charge in [0.05, 0.1) is 5.52 Å². The first-order valence-corrected chi connectivity index (χ1v) is 5.84. The molecule has 3 rings (SSSR count). The summed E-state index contributed by atoms with van der Waals surface area (Å²) in [5.41, 5.74) is 3.15. The van der Waals surface area contributed by atoms with E-state index in [9.17, 15) is 0 Å². The number of benzene rings is 1. The normalized spacial score (nSPS) is 24.2. The van der Waals surface area contributed by atoms with Gasteiger partial charge in [-0.1, -0.05) is 18.2 Å². The van der Waals surface area contributed by atoms with Crippen LogP contribution in [0.3, 0.4) is 0 Å². The Bertz CT molecular complexity index is 539. The SMILES string of the molecule is CN(C)[C@]1(C)Cc2cccc3ccn(c23)C1. The van der Waals surface area contributed by atoms with Crippen molar-refractivity contribution in [2.24, 2.45) is 0 Å². The van der Waals surface area contributed by atoms with E-state index in [4.69, 9.17) is 0 Å². The maximum Gasteiger partial charge on any atom is 0.0514 e. The Morgan fingerprint density at radius 1 is 1.25 bits per heavy atom. The number of para-hydroxylation sites is 1. The van der Waals surface area contributed by atoms with E-state index in [1.165, 1.54) is 16.5 Å². The van der Waals surface area contributed by atoms with Gasteiger partial charge in [0, 0.05) is 18.3 Å². The lowest BCUT2D eigenvalue weighted by Crippen LogP contribution is -2.48. The van der Waals surface area contributed by atoms with Crippen molar-refractivity contribution in [2.45, 2.75) is 25.4 Å². The van der Waals surface area contributed by atoms with Crippen molar-refractivity contribution in [2.75, 3.05) is 14.1 Å². The lowest BCUT2D eigenvalue weighted by molar-refractivity contribution is 0.144. The average Bonchev–Trinajstić information content (AvgIpc) is 2.63. The van der Waals surface area contributed by atoms with Crippen LogP contribution in [0, 0.1) is 0 Å². The highest BCUT2D eigenvalue weighted by Crippen LogP contribution is 2.32. The van der Waals surface area contributed by atoms with E-state index < -0.39 is 0 Å². The number of rotatable bonds is 1. The summed E-state index contributed by atoms with van der Waals surface area (Å²) in [5, 5.41) is 1.37. The van der Waals surface area contributed by atoms with Gasteiger partial charge < -0.3 is 9.47 Å². The van der Waals surface area contributed by atoms with Crippen molar-refractivity contribution in [1.82, 2.24) is 9.47 Å². The van der Waals surface area contributed by atoms with Crippen LogP contribution < -0.4 is 0 Å². The summed E-state index contributed by atoms with van der Waals surface area (Å²) in [7, 11) is 4.35.